The molecule has 4 aromatic rings. The molecule has 1 saturated heterocycles. The van der Waals surface area contributed by atoms with Crippen LogP contribution in [0.1, 0.15) is 28.8 Å². The molecule has 0 atom stereocenters. The fourth-order valence-corrected chi connectivity index (χ4v) is 3.87. The first-order valence-corrected chi connectivity index (χ1v) is 10.3. The topological polar surface area (TPSA) is 83.8 Å². The highest BCUT2D eigenvalue weighted by Crippen LogP contribution is 2.30. The maximum absolute atomic E-state index is 13.1. The molecule has 32 heavy (non-hydrogen) atoms. The second kappa shape index (κ2) is 7.77. The monoisotopic (exact) mass is 424 g/mol. The van der Waals surface area contributed by atoms with Gasteiger partial charge in [0.1, 0.15) is 17.2 Å². The van der Waals surface area contributed by atoms with Gasteiger partial charge in [-0.3, -0.25) is 23.7 Å². The molecule has 7 heteroatoms. The number of rotatable bonds is 4. The lowest BCUT2D eigenvalue weighted by Crippen LogP contribution is -2.28. The molecule has 2 aromatic heterocycles. The van der Waals surface area contributed by atoms with Crippen LogP contribution in [0.25, 0.3) is 16.9 Å². The molecule has 0 saturated carbocycles. The van der Waals surface area contributed by atoms with Crippen molar-refractivity contribution < 1.29 is 14.4 Å². The van der Waals surface area contributed by atoms with Crippen molar-refractivity contribution in [3.8, 4) is 11.3 Å². The van der Waals surface area contributed by atoms with Crippen LogP contribution in [0.5, 0.6) is 0 Å². The molecule has 0 spiro atoms. The highest BCUT2D eigenvalue weighted by molar-refractivity contribution is 6.20. The third kappa shape index (κ3) is 3.43. The van der Waals surface area contributed by atoms with Crippen LogP contribution in [0.15, 0.2) is 72.9 Å². The first-order chi connectivity index (χ1) is 15.5. The number of aromatic nitrogens is 2. The van der Waals surface area contributed by atoms with Gasteiger partial charge in [-0.05, 0) is 42.8 Å². The van der Waals surface area contributed by atoms with Gasteiger partial charge < -0.3 is 5.32 Å². The fraction of sp³-hybridized carbons (Fsp3) is 0.120. The summed E-state index contributed by atoms with van der Waals surface area (Å²) in [4.78, 5) is 42.9. The van der Waals surface area contributed by atoms with E-state index < -0.39 is 0 Å². The average molecular weight is 424 g/mol. The van der Waals surface area contributed by atoms with Gasteiger partial charge in [0, 0.05) is 30.2 Å². The Bertz CT molecular complexity index is 1340. The second-order valence-corrected chi connectivity index (χ2v) is 7.73. The summed E-state index contributed by atoms with van der Waals surface area (Å²) >= 11 is 0. The Morgan fingerprint density at radius 2 is 1.59 bits per heavy atom. The Morgan fingerprint density at radius 1 is 0.906 bits per heavy atom. The quantitative estimate of drug-likeness (QED) is 0.497. The number of fused-ring (bicyclic) bond motifs is 1. The van der Waals surface area contributed by atoms with Gasteiger partial charge in [-0.2, -0.15) is 0 Å². The van der Waals surface area contributed by atoms with Crippen LogP contribution < -0.4 is 10.2 Å². The summed E-state index contributed by atoms with van der Waals surface area (Å²) in [5.74, 6) is -0.174. The van der Waals surface area contributed by atoms with Crippen molar-refractivity contribution in [3.05, 3.63) is 84.1 Å². The SMILES string of the molecule is Cc1ccc2nc(-c3ccccc3)c(NC(=O)c3ccc(N4C(=O)CCC4=O)cc3)n2c1. The molecule has 0 bridgehead atoms. The van der Waals surface area contributed by atoms with Gasteiger partial charge >= 0.3 is 0 Å². The first kappa shape index (κ1) is 19.7. The highest BCUT2D eigenvalue weighted by atomic mass is 16.2. The zero-order chi connectivity index (χ0) is 22.2. The summed E-state index contributed by atoms with van der Waals surface area (Å²) in [5, 5.41) is 3.00. The van der Waals surface area contributed by atoms with E-state index in [-0.39, 0.29) is 30.6 Å². The molecule has 158 valence electrons. The van der Waals surface area contributed by atoms with Crippen molar-refractivity contribution in [1.29, 1.82) is 0 Å². The summed E-state index contributed by atoms with van der Waals surface area (Å²) in [7, 11) is 0. The van der Waals surface area contributed by atoms with Gasteiger partial charge in [-0.1, -0.05) is 36.4 Å². The van der Waals surface area contributed by atoms with Crippen molar-refractivity contribution in [2.45, 2.75) is 19.8 Å². The fourth-order valence-electron chi connectivity index (χ4n) is 3.87. The third-order valence-corrected chi connectivity index (χ3v) is 5.48. The number of amides is 3. The van der Waals surface area contributed by atoms with E-state index in [1.54, 1.807) is 24.3 Å². The van der Waals surface area contributed by atoms with Crippen LogP contribution in [0.3, 0.4) is 0 Å². The van der Waals surface area contributed by atoms with E-state index in [9.17, 15) is 14.4 Å². The molecule has 2 aromatic carbocycles. The van der Waals surface area contributed by atoms with Crippen molar-refractivity contribution in [2.24, 2.45) is 0 Å². The normalized spacial score (nSPS) is 13.7. The molecule has 1 aliphatic heterocycles. The van der Waals surface area contributed by atoms with Gasteiger partial charge in [-0.25, -0.2) is 4.98 Å². The molecule has 5 rings (SSSR count). The molecular weight excluding hydrogens is 404 g/mol. The number of carbonyl (C=O) groups is 3. The molecule has 1 fully saturated rings. The molecule has 1 N–H and O–H groups in total. The summed E-state index contributed by atoms with van der Waals surface area (Å²) in [6.07, 6.45) is 2.37. The van der Waals surface area contributed by atoms with E-state index in [1.165, 1.54) is 4.90 Å². The zero-order valence-electron chi connectivity index (χ0n) is 17.4. The Kier molecular flexibility index (Phi) is 4.78. The maximum Gasteiger partial charge on any atom is 0.256 e. The Morgan fingerprint density at radius 3 is 2.28 bits per heavy atom. The minimum absolute atomic E-state index is 0.219. The van der Waals surface area contributed by atoms with E-state index in [0.29, 0.717) is 22.8 Å². The number of imidazole rings is 1. The standard InChI is InChI=1S/C25H20N4O3/c1-16-7-12-20-26-23(17-5-3-2-4-6-17)24(28(20)15-16)27-25(32)18-8-10-19(11-9-18)29-21(30)13-14-22(29)31/h2-12,15H,13-14H2,1H3,(H,27,32). The molecule has 0 radical (unpaired) electrons. The Hall–Kier alpha value is -4.26. The maximum atomic E-state index is 13.1. The molecule has 3 heterocycles. The van der Waals surface area contributed by atoms with Gasteiger partial charge in [-0.15, -0.1) is 0 Å². The van der Waals surface area contributed by atoms with Crippen LogP contribution in [-0.2, 0) is 9.59 Å². The predicted octanol–water partition coefficient (Wildman–Crippen LogP) is 4.22. The van der Waals surface area contributed by atoms with Gasteiger partial charge in [0.05, 0.1) is 5.69 Å². The number of anilines is 2. The number of pyridine rings is 1. The van der Waals surface area contributed by atoms with Crippen LogP contribution >= 0.6 is 0 Å². The van der Waals surface area contributed by atoms with Crippen molar-refractivity contribution in [2.75, 3.05) is 10.2 Å². The lowest BCUT2D eigenvalue weighted by Gasteiger charge is -2.14. The van der Waals surface area contributed by atoms with E-state index >= 15 is 0 Å². The molecule has 0 unspecified atom stereocenters. The predicted molar refractivity (Wildman–Crippen MR) is 121 cm³/mol. The number of nitrogens with zero attached hydrogens (tertiary/aromatic N) is 3. The Labute approximate surface area is 184 Å². The van der Waals surface area contributed by atoms with Crippen LogP contribution in [0.2, 0.25) is 0 Å². The number of hydrogen-bond acceptors (Lipinski definition) is 4. The molecule has 3 amide bonds. The minimum atomic E-state index is -0.309. The second-order valence-electron chi connectivity index (χ2n) is 7.73. The van der Waals surface area contributed by atoms with E-state index in [4.69, 9.17) is 4.98 Å². The van der Waals surface area contributed by atoms with Gasteiger partial charge in [0.15, 0.2) is 0 Å². The van der Waals surface area contributed by atoms with Crippen LogP contribution in [0.4, 0.5) is 11.5 Å². The number of nitrogens with one attached hydrogen (secondary N) is 1. The summed E-state index contributed by atoms with van der Waals surface area (Å²) in [5.41, 5.74) is 4.22. The van der Waals surface area contributed by atoms with Crippen LogP contribution in [0, 0.1) is 6.92 Å². The van der Waals surface area contributed by atoms with Crippen molar-refractivity contribution >= 4 is 34.9 Å². The van der Waals surface area contributed by atoms with Crippen molar-refractivity contribution in [1.82, 2.24) is 9.38 Å². The van der Waals surface area contributed by atoms with E-state index in [2.05, 4.69) is 5.32 Å². The van der Waals surface area contributed by atoms with Gasteiger partial charge in [0.25, 0.3) is 5.91 Å². The summed E-state index contributed by atoms with van der Waals surface area (Å²) in [6.45, 7) is 1.98. The van der Waals surface area contributed by atoms with Gasteiger partial charge in [0.2, 0.25) is 11.8 Å². The van der Waals surface area contributed by atoms with Crippen LogP contribution in [-0.4, -0.2) is 27.1 Å². The number of aryl methyl sites for hydroxylation is 1. The average Bonchev–Trinajstić information content (AvgIpc) is 3.33. The third-order valence-electron chi connectivity index (χ3n) is 5.48. The number of hydrogen-bond donors (Lipinski definition) is 1. The molecule has 7 nitrogen and oxygen atoms in total. The lowest BCUT2D eigenvalue weighted by atomic mass is 10.1. The van der Waals surface area contributed by atoms with E-state index in [0.717, 1.165) is 16.8 Å². The number of imide groups is 1. The molecule has 0 aliphatic carbocycles. The zero-order valence-corrected chi connectivity index (χ0v) is 17.4. The van der Waals surface area contributed by atoms with E-state index in [1.807, 2.05) is 60.0 Å². The lowest BCUT2D eigenvalue weighted by molar-refractivity contribution is -0.121. The molecular formula is C25H20N4O3. The smallest absolute Gasteiger partial charge is 0.256 e. The summed E-state index contributed by atoms with van der Waals surface area (Å²) in [6, 6.07) is 20.0. The number of benzene rings is 2. The largest absolute Gasteiger partial charge is 0.306 e. The van der Waals surface area contributed by atoms with Crippen molar-refractivity contribution in [3.63, 3.8) is 0 Å². The first-order valence-electron chi connectivity index (χ1n) is 10.3. The Balaban J connectivity index is 1.49. The highest BCUT2D eigenvalue weighted by Gasteiger charge is 2.30. The number of carbonyl (C=O) groups excluding carboxylic acids is 3. The minimum Gasteiger partial charge on any atom is -0.306 e. The molecule has 1 aliphatic rings. The summed E-state index contributed by atoms with van der Waals surface area (Å²) < 4.78 is 1.87.